The van der Waals surface area contributed by atoms with E-state index in [1.165, 1.54) is 36.4 Å². The molecular weight excluding hydrogens is 828 g/mol. The van der Waals surface area contributed by atoms with Crippen molar-refractivity contribution < 1.29 is 90.4 Å². The van der Waals surface area contributed by atoms with Gasteiger partial charge >= 0.3 is 5.79 Å². The van der Waals surface area contributed by atoms with E-state index in [-0.39, 0.29) is 68.4 Å². The van der Waals surface area contributed by atoms with Crippen LogP contribution in [0.25, 0.3) is 0 Å². The van der Waals surface area contributed by atoms with E-state index < -0.39 is 117 Å². The summed E-state index contributed by atoms with van der Waals surface area (Å²) in [4.78, 5) is 0. The summed E-state index contributed by atoms with van der Waals surface area (Å²) in [5.41, 5.74) is -0.624. The molecule has 8 atom stereocenters. The number of aromatic hydroxyl groups is 11. The summed E-state index contributed by atoms with van der Waals surface area (Å²) in [5.74, 6) is -12.7. The lowest BCUT2D eigenvalue weighted by atomic mass is 9.72. The molecule has 6 aromatic rings. The molecule has 0 aliphatic carbocycles. The Labute approximate surface area is 354 Å². The van der Waals surface area contributed by atoms with E-state index in [2.05, 4.69) is 0 Å². The number of hydrogen-bond donors (Lipinski definition) is 14. The van der Waals surface area contributed by atoms with Crippen LogP contribution in [0.4, 0.5) is 0 Å². The fraction of sp³-hybridized carbons (Fsp3) is 0.200. The third-order valence-corrected chi connectivity index (χ3v) is 12.2. The number of benzene rings is 6. The topological polar surface area (TPSA) is 320 Å². The molecule has 0 radical (unpaired) electrons. The lowest BCUT2D eigenvalue weighted by Crippen LogP contribution is -2.57. The predicted octanol–water partition coefficient (Wildman–Crippen LogP) is 4.24. The molecule has 0 saturated heterocycles. The Hall–Kier alpha value is -7.80. The Bertz CT molecular complexity index is 2910. The first-order chi connectivity index (χ1) is 30.0. The Morgan fingerprint density at radius 3 is 1.73 bits per heavy atom. The smallest absolute Gasteiger partial charge is 0.305 e. The van der Waals surface area contributed by atoms with Crippen LogP contribution in [0.2, 0.25) is 0 Å². The van der Waals surface area contributed by atoms with Gasteiger partial charge in [-0.15, -0.1) is 0 Å². The van der Waals surface area contributed by atoms with Crippen molar-refractivity contribution in [1.29, 1.82) is 0 Å². The molecule has 0 saturated carbocycles. The number of rotatable bonds is 4. The molecule has 4 aliphatic rings. The number of ether oxygens (including phenoxy) is 4. The normalized spacial score (nSPS) is 25.2. The first-order valence-corrected chi connectivity index (χ1v) is 19.3. The van der Waals surface area contributed by atoms with Crippen LogP contribution in [-0.2, 0) is 12.2 Å². The Balaban J connectivity index is 1.19. The van der Waals surface area contributed by atoms with Gasteiger partial charge in [-0.05, 0) is 59.7 Å². The summed E-state index contributed by atoms with van der Waals surface area (Å²) in [5, 5.41) is 155. The lowest BCUT2D eigenvalue weighted by molar-refractivity contribution is -0.219. The highest BCUT2D eigenvalue weighted by atomic mass is 16.7. The Morgan fingerprint density at radius 2 is 1.08 bits per heavy atom. The second kappa shape index (κ2) is 13.6. The Morgan fingerprint density at radius 1 is 0.476 bits per heavy atom. The second-order valence-electron chi connectivity index (χ2n) is 15.9. The summed E-state index contributed by atoms with van der Waals surface area (Å²) in [7, 11) is 0. The molecule has 0 amide bonds. The molecule has 63 heavy (non-hydrogen) atoms. The van der Waals surface area contributed by atoms with Gasteiger partial charge in [-0.2, -0.15) is 0 Å². The highest BCUT2D eigenvalue weighted by molar-refractivity contribution is 5.71. The molecule has 14 N–H and O–H groups in total. The Kier molecular flexibility index (Phi) is 8.49. The molecule has 18 nitrogen and oxygen atoms in total. The average molecular weight is 865 g/mol. The summed E-state index contributed by atoms with van der Waals surface area (Å²) in [6, 6.07) is 15.3. The van der Waals surface area contributed by atoms with E-state index in [0.717, 1.165) is 42.5 Å². The van der Waals surface area contributed by atoms with Crippen molar-refractivity contribution in [2.45, 2.75) is 54.6 Å². The molecule has 2 bridgehead atoms. The largest absolute Gasteiger partial charge is 0.508 e. The minimum Gasteiger partial charge on any atom is -0.508 e. The zero-order chi connectivity index (χ0) is 44.5. The van der Waals surface area contributed by atoms with E-state index in [0.29, 0.717) is 0 Å². The van der Waals surface area contributed by atoms with Crippen LogP contribution in [0.1, 0.15) is 68.6 Å². The number of aliphatic hydroxyl groups is 3. The summed E-state index contributed by atoms with van der Waals surface area (Å²) < 4.78 is 25.0. The molecule has 10 rings (SSSR count). The van der Waals surface area contributed by atoms with E-state index >= 15 is 0 Å². The van der Waals surface area contributed by atoms with Gasteiger partial charge in [-0.3, -0.25) is 0 Å². The van der Waals surface area contributed by atoms with Gasteiger partial charge < -0.3 is 90.4 Å². The van der Waals surface area contributed by atoms with Crippen LogP contribution < -0.4 is 18.9 Å². The van der Waals surface area contributed by atoms with Crippen molar-refractivity contribution in [2.24, 2.45) is 0 Å². The molecule has 18 heteroatoms. The van der Waals surface area contributed by atoms with Gasteiger partial charge in [0.2, 0.25) is 0 Å². The maximum Gasteiger partial charge on any atom is 0.305 e. The van der Waals surface area contributed by atoms with Crippen LogP contribution >= 0.6 is 0 Å². The molecule has 324 valence electrons. The molecule has 0 spiro atoms. The van der Waals surface area contributed by atoms with Crippen LogP contribution in [0.3, 0.4) is 0 Å². The number of phenols is 11. The number of aliphatic hydroxyl groups excluding tert-OH is 3. The van der Waals surface area contributed by atoms with Gasteiger partial charge in [0.25, 0.3) is 0 Å². The van der Waals surface area contributed by atoms with Crippen molar-refractivity contribution in [3.63, 3.8) is 0 Å². The molecule has 4 aliphatic heterocycles. The highest BCUT2D eigenvalue weighted by Gasteiger charge is 2.60. The predicted molar refractivity (Wildman–Crippen MR) is 212 cm³/mol. The van der Waals surface area contributed by atoms with Crippen molar-refractivity contribution >= 4 is 0 Å². The van der Waals surface area contributed by atoms with E-state index in [1.54, 1.807) is 0 Å². The summed E-state index contributed by atoms with van der Waals surface area (Å²) >= 11 is 0. The van der Waals surface area contributed by atoms with E-state index in [9.17, 15) is 71.5 Å². The molecule has 4 heterocycles. The maximum atomic E-state index is 12.6. The van der Waals surface area contributed by atoms with Gasteiger partial charge in [0.05, 0.1) is 17.9 Å². The molecule has 4 unspecified atom stereocenters. The van der Waals surface area contributed by atoms with Gasteiger partial charge in [0.1, 0.15) is 58.6 Å². The third kappa shape index (κ3) is 5.68. The standard InChI is InChI=1S/C45H36O18/c46-18-10-27(53)34-31(11-18)61-42(16-2-5-22(48)25(51)8-16)40(58)37(34)35-28(54)14-32-36(39(35)57)33-20-13-30-19(12-29(55)41(60-30)15-1-4-21(47)24(50)7-15)38(56)43(20)63-45(62-32,44(33)59)17-3-6-23(49)26(52)9-17/h1-11,13-14,29,33,37,40-42,44,46-59H,12H2/t29?,33?,37?,40-,41?,42-,44-,45+/m1/s1. The van der Waals surface area contributed by atoms with Crippen molar-refractivity contribution in [3.8, 4) is 86.2 Å². The summed E-state index contributed by atoms with van der Waals surface area (Å²) in [6.45, 7) is 0. The number of phenolic OH excluding ortho intramolecular Hbond substituents is 11. The minimum atomic E-state index is -2.39. The first-order valence-electron chi connectivity index (χ1n) is 19.3. The number of fused-ring (bicyclic) bond motifs is 8. The van der Waals surface area contributed by atoms with Crippen LogP contribution in [0, 0.1) is 0 Å². The van der Waals surface area contributed by atoms with Crippen LogP contribution in [0.5, 0.6) is 86.2 Å². The van der Waals surface area contributed by atoms with Gasteiger partial charge in [-0.1, -0.05) is 12.1 Å². The van der Waals surface area contributed by atoms with Crippen LogP contribution in [0.15, 0.2) is 78.9 Å². The molecule has 0 fully saturated rings. The van der Waals surface area contributed by atoms with E-state index in [4.69, 9.17) is 18.9 Å². The second-order valence-corrected chi connectivity index (χ2v) is 15.9. The van der Waals surface area contributed by atoms with Crippen molar-refractivity contribution in [2.75, 3.05) is 0 Å². The quantitative estimate of drug-likeness (QED) is 0.110. The van der Waals surface area contributed by atoms with E-state index in [1.807, 2.05) is 0 Å². The summed E-state index contributed by atoms with van der Waals surface area (Å²) in [6.07, 6.45) is -7.88. The van der Waals surface area contributed by atoms with Gasteiger partial charge in [0, 0.05) is 58.0 Å². The zero-order valence-corrected chi connectivity index (χ0v) is 32.1. The van der Waals surface area contributed by atoms with Gasteiger partial charge in [0.15, 0.2) is 52.1 Å². The van der Waals surface area contributed by atoms with Gasteiger partial charge in [-0.25, -0.2) is 0 Å². The molecular formula is C45H36O18. The lowest BCUT2D eigenvalue weighted by Gasteiger charge is -2.50. The fourth-order valence-corrected chi connectivity index (χ4v) is 9.26. The zero-order valence-electron chi connectivity index (χ0n) is 32.1. The minimum absolute atomic E-state index is 0.0234. The van der Waals surface area contributed by atoms with Crippen molar-refractivity contribution in [1.82, 2.24) is 0 Å². The SMILES string of the molecule is Oc1cc(O)c2c(c1)O[C@H](c1ccc(O)c(O)c1)[C@H](O)C2c1c(O)cc2c(c1O)C1c3cc4c(c(O)c3O[C@](c3ccc(O)c(O)c3)(O2)[C@@H]1O)CC(O)C(c1ccc(O)c(O)c1)O4. The van der Waals surface area contributed by atoms with Crippen molar-refractivity contribution in [3.05, 3.63) is 123 Å². The maximum absolute atomic E-state index is 12.6. The number of hydrogen-bond acceptors (Lipinski definition) is 18. The highest BCUT2D eigenvalue weighted by Crippen LogP contribution is 2.64. The average Bonchev–Trinajstić information content (AvgIpc) is 3.22. The monoisotopic (exact) mass is 864 g/mol. The fourth-order valence-electron chi connectivity index (χ4n) is 9.26. The molecule has 6 aromatic carbocycles. The molecule has 0 aromatic heterocycles. The first kappa shape index (κ1) is 39.3. The third-order valence-electron chi connectivity index (χ3n) is 12.2. The van der Waals surface area contributed by atoms with Crippen LogP contribution in [-0.4, -0.2) is 89.8 Å².